The lowest BCUT2D eigenvalue weighted by molar-refractivity contribution is -0.0635. The van der Waals surface area contributed by atoms with Crippen molar-refractivity contribution in [3.8, 4) is 0 Å². The van der Waals surface area contributed by atoms with Gasteiger partial charge in [-0.3, -0.25) is 4.90 Å². The summed E-state index contributed by atoms with van der Waals surface area (Å²) in [6, 6.07) is 17.1. The Hall–Kier alpha value is -1.84. The number of ether oxygens (including phenoxy) is 1. The van der Waals surface area contributed by atoms with Gasteiger partial charge in [0.15, 0.2) is 0 Å². The van der Waals surface area contributed by atoms with E-state index in [0.29, 0.717) is 6.04 Å². The van der Waals surface area contributed by atoms with Gasteiger partial charge in [-0.15, -0.1) is 0 Å². The van der Waals surface area contributed by atoms with Crippen molar-refractivity contribution in [2.24, 2.45) is 0 Å². The lowest BCUT2D eigenvalue weighted by Gasteiger charge is -2.38. The Balaban J connectivity index is 1.75. The van der Waals surface area contributed by atoms with Crippen LogP contribution in [0.4, 0.5) is 5.69 Å². The fourth-order valence-electron chi connectivity index (χ4n) is 3.09. The molecule has 3 heteroatoms. The van der Waals surface area contributed by atoms with Crippen LogP contribution in [0, 0.1) is 6.92 Å². The van der Waals surface area contributed by atoms with Crippen LogP contribution in [-0.4, -0.2) is 24.1 Å². The highest BCUT2D eigenvalue weighted by molar-refractivity contribution is 5.40. The van der Waals surface area contributed by atoms with E-state index in [2.05, 4.69) is 55.1 Å². The van der Waals surface area contributed by atoms with Gasteiger partial charge in [-0.05, 0) is 42.7 Å². The Morgan fingerprint density at radius 3 is 2.77 bits per heavy atom. The molecule has 2 aromatic rings. The van der Waals surface area contributed by atoms with Gasteiger partial charge < -0.3 is 10.5 Å². The smallest absolute Gasteiger partial charge is 0.0955 e. The van der Waals surface area contributed by atoms with E-state index in [1.54, 1.807) is 0 Å². The van der Waals surface area contributed by atoms with E-state index < -0.39 is 0 Å². The van der Waals surface area contributed by atoms with E-state index in [-0.39, 0.29) is 6.10 Å². The summed E-state index contributed by atoms with van der Waals surface area (Å²) >= 11 is 0. The van der Waals surface area contributed by atoms with Crippen LogP contribution in [0.1, 0.15) is 29.7 Å². The highest BCUT2D eigenvalue weighted by atomic mass is 16.5. The second kappa shape index (κ2) is 6.51. The summed E-state index contributed by atoms with van der Waals surface area (Å²) < 4.78 is 6.08. The Kier molecular flexibility index (Phi) is 4.46. The van der Waals surface area contributed by atoms with Crippen LogP contribution in [0.5, 0.6) is 0 Å². The Morgan fingerprint density at radius 1 is 1.18 bits per heavy atom. The fourth-order valence-corrected chi connectivity index (χ4v) is 3.09. The number of nitrogens with zero attached hydrogens (tertiary/aromatic N) is 1. The number of morpholine rings is 1. The molecule has 1 fully saturated rings. The first-order valence-corrected chi connectivity index (χ1v) is 7.89. The van der Waals surface area contributed by atoms with Gasteiger partial charge in [0.1, 0.15) is 0 Å². The summed E-state index contributed by atoms with van der Waals surface area (Å²) in [5.74, 6) is 0. The van der Waals surface area contributed by atoms with Gasteiger partial charge in [-0.25, -0.2) is 0 Å². The molecule has 1 saturated heterocycles. The van der Waals surface area contributed by atoms with Crippen LogP contribution in [0.2, 0.25) is 0 Å². The Morgan fingerprint density at radius 2 is 2.00 bits per heavy atom. The molecular weight excluding hydrogens is 272 g/mol. The molecule has 2 unspecified atom stereocenters. The molecule has 1 heterocycles. The molecule has 0 spiro atoms. The van der Waals surface area contributed by atoms with Gasteiger partial charge in [-0.2, -0.15) is 0 Å². The third kappa shape index (κ3) is 3.32. The first-order valence-electron chi connectivity index (χ1n) is 7.89. The summed E-state index contributed by atoms with van der Waals surface area (Å²) in [7, 11) is 0. The largest absolute Gasteiger partial charge is 0.399 e. The molecule has 1 aliphatic heterocycles. The molecule has 0 saturated carbocycles. The highest BCUT2D eigenvalue weighted by Gasteiger charge is 2.27. The van der Waals surface area contributed by atoms with Crippen molar-refractivity contribution >= 4 is 5.69 Å². The zero-order chi connectivity index (χ0) is 15.5. The van der Waals surface area contributed by atoms with Crippen molar-refractivity contribution in [1.82, 2.24) is 4.90 Å². The van der Waals surface area contributed by atoms with Crippen molar-refractivity contribution in [3.63, 3.8) is 0 Å². The maximum absolute atomic E-state index is 6.08. The SMILES string of the molecule is Cc1ccccc1C1CN(Cc2cccc(N)c2)C(C)CO1. The molecule has 2 N–H and O–H groups in total. The number of hydrogen-bond acceptors (Lipinski definition) is 3. The minimum atomic E-state index is 0.151. The predicted molar refractivity (Wildman–Crippen MR) is 90.6 cm³/mol. The standard InChI is InChI=1S/C19H24N2O/c1-14-6-3-4-9-18(14)19-12-21(15(2)13-22-19)11-16-7-5-8-17(20)10-16/h3-10,15,19H,11-13,20H2,1-2H3. The summed E-state index contributed by atoms with van der Waals surface area (Å²) in [5.41, 5.74) is 10.6. The highest BCUT2D eigenvalue weighted by Crippen LogP contribution is 2.28. The van der Waals surface area contributed by atoms with Gasteiger partial charge in [0.2, 0.25) is 0 Å². The number of hydrogen-bond donors (Lipinski definition) is 1. The second-order valence-electron chi connectivity index (χ2n) is 6.20. The maximum atomic E-state index is 6.08. The number of rotatable bonds is 3. The Labute approximate surface area is 132 Å². The Bertz CT molecular complexity index is 641. The van der Waals surface area contributed by atoms with Crippen LogP contribution in [0.15, 0.2) is 48.5 Å². The van der Waals surface area contributed by atoms with Crippen molar-refractivity contribution in [2.75, 3.05) is 18.9 Å². The van der Waals surface area contributed by atoms with Gasteiger partial charge in [0.05, 0.1) is 12.7 Å². The number of aryl methyl sites for hydroxylation is 1. The molecule has 3 nitrogen and oxygen atoms in total. The number of nitrogens with two attached hydrogens (primary N) is 1. The first-order chi connectivity index (χ1) is 10.6. The molecule has 0 aromatic heterocycles. The third-order valence-electron chi connectivity index (χ3n) is 4.43. The monoisotopic (exact) mass is 296 g/mol. The predicted octanol–water partition coefficient (Wildman–Crippen LogP) is 3.54. The lowest BCUT2D eigenvalue weighted by atomic mass is 10.0. The summed E-state index contributed by atoms with van der Waals surface area (Å²) in [6.45, 7) is 6.97. The molecule has 0 bridgehead atoms. The topological polar surface area (TPSA) is 38.5 Å². The lowest BCUT2D eigenvalue weighted by Crippen LogP contribution is -2.44. The van der Waals surface area contributed by atoms with Crippen LogP contribution >= 0.6 is 0 Å². The van der Waals surface area contributed by atoms with E-state index in [9.17, 15) is 0 Å². The van der Waals surface area contributed by atoms with Crippen LogP contribution in [-0.2, 0) is 11.3 Å². The van der Waals surface area contributed by atoms with E-state index in [1.165, 1.54) is 16.7 Å². The van der Waals surface area contributed by atoms with Gasteiger partial charge in [0, 0.05) is 24.8 Å². The summed E-state index contributed by atoms with van der Waals surface area (Å²) in [5, 5.41) is 0. The van der Waals surface area contributed by atoms with Gasteiger partial charge in [-0.1, -0.05) is 36.4 Å². The number of benzene rings is 2. The van der Waals surface area contributed by atoms with Crippen molar-refractivity contribution in [1.29, 1.82) is 0 Å². The van der Waals surface area contributed by atoms with E-state index >= 15 is 0 Å². The zero-order valence-electron chi connectivity index (χ0n) is 13.3. The molecule has 116 valence electrons. The average molecular weight is 296 g/mol. The molecule has 2 atom stereocenters. The quantitative estimate of drug-likeness (QED) is 0.881. The van der Waals surface area contributed by atoms with E-state index in [1.807, 2.05) is 12.1 Å². The molecule has 0 amide bonds. The van der Waals surface area contributed by atoms with E-state index in [4.69, 9.17) is 10.5 Å². The van der Waals surface area contributed by atoms with Crippen LogP contribution in [0.25, 0.3) is 0 Å². The third-order valence-corrected chi connectivity index (χ3v) is 4.43. The van der Waals surface area contributed by atoms with Gasteiger partial charge in [0.25, 0.3) is 0 Å². The molecule has 1 aliphatic rings. The molecule has 0 aliphatic carbocycles. The summed E-state index contributed by atoms with van der Waals surface area (Å²) in [4.78, 5) is 2.48. The average Bonchev–Trinajstić information content (AvgIpc) is 2.50. The molecular formula is C19H24N2O. The molecule has 22 heavy (non-hydrogen) atoms. The minimum Gasteiger partial charge on any atom is -0.399 e. The summed E-state index contributed by atoms with van der Waals surface area (Å²) in [6.07, 6.45) is 0.151. The molecule has 0 radical (unpaired) electrons. The number of nitrogen functional groups attached to an aromatic ring is 1. The van der Waals surface area contributed by atoms with Crippen molar-refractivity contribution in [3.05, 3.63) is 65.2 Å². The second-order valence-corrected chi connectivity index (χ2v) is 6.20. The number of anilines is 1. The molecule has 2 aromatic carbocycles. The minimum absolute atomic E-state index is 0.151. The van der Waals surface area contributed by atoms with E-state index in [0.717, 1.165) is 25.4 Å². The van der Waals surface area contributed by atoms with Crippen molar-refractivity contribution < 1.29 is 4.74 Å². The van der Waals surface area contributed by atoms with Crippen LogP contribution < -0.4 is 5.73 Å². The first kappa shape index (κ1) is 15.1. The zero-order valence-corrected chi connectivity index (χ0v) is 13.3. The van der Waals surface area contributed by atoms with Crippen molar-refractivity contribution in [2.45, 2.75) is 32.5 Å². The van der Waals surface area contributed by atoms with Crippen LogP contribution in [0.3, 0.4) is 0 Å². The normalized spacial score (nSPS) is 22.6. The fraction of sp³-hybridized carbons (Fsp3) is 0.368. The van der Waals surface area contributed by atoms with Gasteiger partial charge >= 0.3 is 0 Å². The maximum Gasteiger partial charge on any atom is 0.0955 e. The molecule has 3 rings (SSSR count).